The third-order valence-electron chi connectivity index (χ3n) is 3.49. The first-order valence-electron chi connectivity index (χ1n) is 7.43. The minimum absolute atomic E-state index is 0.0128. The Morgan fingerprint density at radius 3 is 2.52 bits per heavy atom. The molecule has 2 aromatic rings. The molecule has 0 bridgehead atoms. The molecular formula is C17H19ClN2O4S. The Kier molecular flexibility index (Phi) is 6.05. The Labute approximate surface area is 152 Å². The van der Waals surface area contributed by atoms with E-state index in [-0.39, 0.29) is 10.6 Å². The van der Waals surface area contributed by atoms with Gasteiger partial charge in [0.15, 0.2) is 0 Å². The summed E-state index contributed by atoms with van der Waals surface area (Å²) in [6, 6.07) is 9.85. The van der Waals surface area contributed by atoms with Gasteiger partial charge < -0.3 is 10.1 Å². The van der Waals surface area contributed by atoms with E-state index in [9.17, 15) is 13.2 Å². The van der Waals surface area contributed by atoms with Crippen LogP contribution in [-0.4, -0.2) is 28.0 Å². The molecule has 0 heterocycles. The number of methoxy groups -OCH3 is 1. The molecule has 8 heteroatoms. The predicted molar refractivity (Wildman–Crippen MR) is 97.7 cm³/mol. The molecular weight excluding hydrogens is 364 g/mol. The van der Waals surface area contributed by atoms with Crippen molar-refractivity contribution in [1.29, 1.82) is 0 Å². The zero-order valence-corrected chi connectivity index (χ0v) is 15.7. The number of benzene rings is 2. The highest BCUT2D eigenvalue weighted by Crippen LogP contribution is 2.24. The first kappa shape index (κ1) is 19.2. The van der Waals surface area contributed by atoms with E-state index in [1.807, 2.05) is 6.92 Å². The SMILES string of the molecule is COc1ccc(C)cc1S(=O)(=O)NCC(=O)Nc1ccc(C)c(Cl)c1. The van der Waals surface area contributed by atoms with Gasteiger partial charge in [-0.05, 0) is 49.2 Å². The first-order chi connectivity index (χ1) is 11.7. The second-order valence-electron chi connectivity index (χ2n) is 5.49. The van der Waals surface area contributed by atoms with Gasteiger partial charge in [0, 0.05) is 10.7 Å². The lowest BCUT2D eigenvalue weighted by Gasteiger charge is -2.12. The van der Waals surface area contributed by atoms with Crippen LogP contribution in [0, 0.1) is 13.8 Å². The van der Waals surface area contributed by atoms with Crippen LogP contribution in [0.1, 0.15) is 11.1 Å². The summed E-state index contributed by atoms with van der Waals surface area (Å²) >= 11 is 6.00. The maximum Gasteiger partial charge on any atom is 0.244 e. The average Bonchev–Trinajstić information content (AvgIpc) is 2.56. The van der Waals surface area contributed by atoms with Crippen molar-refractivity contribution in [3.8, 4) is 5.75 Å². The van der Waals surface area contributed by atoms with Crippen molar-refractivity contribution in [2.24, 2.45) is 0 Å². The van der Waals surface area contributed by atoms with Crippen LogP contribution in [0.25, 0.3) is 0 Å². The Morgan fingerprint density at radius 1 is 1.16 bits per heavy atom. The number of aryl methyl sites for hydroxylation is 2. The van der Waals surface area contributed by atoms with Gasteiger partial charge in [-0.1, -0.05) is 23.7 Å². The van der Waals surface area contributed by atoms with E-state index < -0.39 is 22.5 Å². The molecule has 0 unspecified atom stereocenters. The van der Waals surface area contributed by atoms with Gasteiger partial charge in [-0.2, -0.15) is 0 Å². The van der Waals surface area contributed by atoms with Crippen LogP contribution in [-0.2, 0) is 14.8 Å². The fourth-order valence-electron chi connectivity index (χ4n) is 2.11. The number of hydrogen-bond acceptors (Lipinski definition) is 4. The number of carbonyl (C=O) groups is 1. The van der Waals surface area contributed by atoms with Gasteiger partial charge in [-0.25, -0.2) is 13.1 Å². The van der Waals surface area contributed by atoms with Crippen molar-refractivity contribution < 1.29 is 17.9 Å². The highest BCUT2D eigenvalue weighted by atomic mass is 35.5. The van der Waals surface area contributed by atoms with Crippen molar-refractivity contribution in [2.75, 3.05) is 19.0 Å². The van der Waals surface area contributed by atoms with Crippen LogP contribution in [0.15, 0.2) is 41.3 Å². The number of anilines is 1. The van der Waals surface area contributed by atoms with Crippen molar-refractivity contribution in [1.82, 2.24) is 4.72 Å². The topological polar surface area (TPSA) is 84.5 Å². The summed E-state index contributed by atoms with van der Waals surface area (Å²) in [6.07, 6.45) is 0. The van der Waals surface area contributed by atoms with E-state index in [0.717, 1.165) is 11.1 Å². The maximum absolute atomic E-state index is 12.4. The third kappa shape index (κ3) is 4.94. The molecule has 0 aliphatic heterocycles. The lowest BCUT2D eigenvalue weighted by Crippen LogP contribution is -2.33. The summed E-state index contributed by atoms with van der Waals surface area (Å²) in [6.45, 7) is 3.20. The molecule has 0 atom stereocenters. The number of carbonyl (C=O) groups excluding carboxylic acids is 1. The zero-order chi connectivity index (χ0) is 18.6. The summed E-state index contributed by atoms with van der Waals surface area (Å²) in [4.78, 5) is 12.0. The van der Waals surface area contributed by atoms with Crippen LogP contribution in [0.2, 0.25) is 5.02 Å². The number of rotatable bonds is 6. The average molecular weight is 383 g/mol. The lowest BCUT2D eigenvalue weighted by molar-refractivity contribution is -0.115. The van der Waals surface area contributed by atoms with Crippen molar-refractivity contribution in [3.63, 3.8) is 0 Å². The fraction of sp³-hybridized carbons (Fsp3) is 0.235. The molecule has 1 amide bonds. The first-order valence-corrected chi connectivity index (χ1v) is 9.29. The van der Waals surface area contributed by atoms with Crippen LogP contribution < -0.4 is 14.8 Å². The highest BCUT2D eigenvalue weighted by molar-refractivity contribution is 7.89. The second-order valence-corrected chi connectivity index (χ2v) is 7.63. The molecule has 2 rings (SSSR count). The summed E-state index contributed by atoms with van der Waals surface area (Å²) in [5.74, 6) is -0.293. The molecule has 0 radical (unpaired) electrons. The minimum atomic E-state index is -3.89. The molecule has 0 spiro atoms. The van der Waals surface area contributed by atoms with E-state index in [0.29, 0.717) is 10.7 Å². The standard InChI is InChI=1S/C17H19ClN2O4S/c1-11-4-7-15(24-3)16(8-11)25(22,23)19-10-17(21)20-13-6-5-12(2)14(18)9-13/h4-9,19H,10H2,1-3H3,(H,20,21). The van der Waals surface area contributed by atoms with E-state index in [4.69, 9.17) is 16.3 Å². The number of hydrogen-bond donors (Lipinski definition) is 2. The Bertz CT molecular complexity index is 898. The monoisotopic (exact) mass is 382 g/mol. The smallest absolute Gasteiger partial charge is 0.244 e. The molecule has 0 fully saturated rings. The Morgan fingerprint density at radius 2 is 1.88 bits per heavy atom. The predicted octanol–water partition coefficient (Wildman–Crippen LogP) is 2.88. The van der Waals surface area contributed by atoms with Crippen molar-refractivity contribution in [2.45, 2.75) is 18.7 Å². The number of amides is 1. The van der Waals surface area contributed by atoms with E-state index in [1.165, 1.54) is 13.2 Å². The molecule has 0 aliphatic rings. The summed E-state index contributed by atoms with van der Waals surface area (Å²) < 4.78 is 32.2. The van der Waals surface area contributed by atoms with Gasteiger partial charge in [-0.15, -0.1) is 0 Å². The van der Waals surface area contributed by atoms with Gasteiger partial charge in [0.25, 0.3) is 0 Å². The molecule has 25 heavy (non-hydrogen) atoms. The van der Waals surface area contributed by atoms with Gasteiger partial charge in [0.1, 0.15) is 10.6 Å². The fourth-order valence-corrected chi connectivity index (χ4v) is 3.52. The third-order valence-corrected chi connectivity index (χ3v) is 5.32. The van der Waals surface area contributed by atoms with Crippen LogP contribution >= 0.6 is 11.6 Å². The number of nitrogens with one attached hydrogen (secondary N) is 2. The number of ether oxygens (including phenoxy) is 1. The maximum atomic E-state index is 12.4. The Balaban J connectivity index is 2.07. The normalized spacial score (nSPS) is 11.2. The summed E-state index contributed by atoms with van der Waals surface area (Å²) in [5.41, 5.74) is 2.14. The molecule has 0 aliphatic carbocycles. The second kappa shape index (κ2) is 7.86. The molecule has 2 aromatic carbocycles. The van der Waals surface area contributed by atoms with E-state index in [1.54, 1.807) is 37.3 Å². The van der Waals surface area contributed by atoms with E-state index in [2.05, 4.69) is 10.0 Å². The van der Waals surface area contributed by atoms with Crippen LogP contribution in [0.4, 0.5) is 5.69 Å². The van der Waals surface area contributed by atoms with Gasteiger partial charge in [0.05, 0.1) is 13.7 Å². The van der Waals surface area contributed by atoms with E-state index >= 15 is 0 Å². The molecule has 0 saturated heterocycles. The quantitative estimate of drug-likeness (QED) is 0.804. The molecule has 0 saturated carbocycles. The molecule has 2 N–H and O–H groups in total. The largest absolute Gasteiger partial charge is 0.495 e. The van der Waals surface area contributed by atoms with Crippen LogP contribution in [0.3, 0.4) is 0 Å². The van der Waals surface area contributed by atoms with Gasteiger partial charge in [0.2, 0.25) is 15.9 Å². The van der Waals surface area contributed by atoms with Gasteiger partial charge in [-0.3, -0.25) is 4.79 Å². The number of halogens is 1. The molecule has 6 nitrogen and oxygen atoms in total. The number of sulfonamides is 1. The van der Waals surface area contributed by atoms with Crippen LogP contribution in [0.5, 0.6) is 5.75 Å². The van der Waals surface area contributed by atoms with Crippen molar-refractivity contribution in [3.05, 3.63) is 52.5 Å². The lowest BCUT2D eigenvalue weighted by atomic mass is 10.2. The minimum Gasteiger partial charge on any atom is -0.495 e. The summed E-state index contributed by atoms with van der Waals surface area (Å²) in [5, 5.41) is 3.11. The zero-order valence-electron chi connectivity index (χ0n) is 14.1. The van der Waals surface area contributed by atoms with Crippen molar-refractivity contribution >= 4 is 33.2 Å². The summed E-state index contributed by atoms with van der Waals surface area (Å²) in [7, 11) is -2.50. The highest BCUT2D eigenvalue weighted by Gasteiger charge is 2.20. The Hall–Kier alpha value is -2.09. The molecule has 0 aromatic heterocycles. The molecule has 134 valence electrons. The van der Waals surface area contributed by atoms with Gasteiger partial charge >= 0.3 is 0 Å².